The van der Waals surface area contributed by atoms with E-state index in [-0.39, 0.29) is 34.2 Å². The SMILES string of the molecule is C[C@@H]1CC(C(=O)NC(C)(C#N)COc2cc(C#N)ccc2C(F)(F)F)=CC=C1SC(F)(F)F. The summed E-state index contributed by atoms with van der Waals surface area (Å²) in [5.41, 5.74) is -7.38. The first-order chi connectivity index (χ1) is 15.2. The maximum Gasteiger partial charge on any atom is 0.446 e. The van der Waals surface area contributed by atoms with Gasteiger partial charge >= 0.3 is 11.7 Å². The Hall–Kier alpha value is -3.12. The van der Waals surface area contributed by atoms with Gasteiger partial charge in [-0.05, 0) is 54.1 Å². The number of hydrogen-bond acceptors (Lipinski definition) is 5. The van der Waals surface area contributed by atoms with Gasteiger partial charge in [-0.25, -0.2) is 0 Å². The zero-order chi connectivity index (χ0) is 25.0. The van der Waals surface area contributed by atoms with Gasteiger partial charge in [-0.2, -0.15) is 36.9 Å². The number of nitriles is 2. The van der Waals surface area contributed by atoms with Crippen molar-refractivity contribution in [3.8, 4) is 17.9 Å². The van der Waals surface area contributed by atoms with Gasteiger partial charge in [0.1, 0.15) is 12.4 Å². The fraction of sp³-hybridized carbons (Fsp3) is 0.381. The standard InChI is InChI=1S/C21H17F6N3O2S/c1-12-7-14(4-6-17(12)33-21(25,26)27)18(31)30-19(2,10-29)11-32-16-8-13(9-28)3-5-15(16)20(22,23)24/h3-6,8,12H,7,11H2,1-2H3,(H,30,31)/t12-,19?/m1/s1. The number of carbonyl (C=O) groups excluding carboxylic acids is 1. The highest BCUT2D eigenvalue weighted by Crippen LogP contribution is 2.43. The molecule has 2 rings (SSSR count). The molecule has 1 aromatic carbocycles. The minimum atomic E-state index is -4.78. The summed E-state index contributed by atoms with van der Waals surface area (Å²) >= 11 is -0.273. The molecule has 0 heterocycles. The molecule has 1 N–H and O–H groups in total. The lowest BCUT2D eigenvalue weighted by Gasteiger charge is -2.27. The molecule has 176 valence electrons. The number of nitrogens with zero attached hydrogens (tertiary/aromatic N) is 2. The molecule has 0 aliphatic heterocycles. The number of carbonyl (C=O) groups is 1. The van der Waals surface area contributed by atoms with Gasteiger partial charge in [0.25, 0.3) is 0 Å². The first kappa shape index (κ1) is 26.1. The van der Waals surface area contributed by atoms with E-state index in [4.69, 9.17) is 10.00 Å². The van der Waals surface area contributed by atoms with Crippen molar-refractivity contribution in [3.63, 3.8) is 0 Å². The van der Waals surface area contributed by atoms with Gasteiger partial charge < -0.3 is 10.1 Å². The lowest BCUT2D eigenvalue weighted by atomic mass is 9.94. The predicted octanol–water partition coefficient (Wildman–Crippen LogP) is 5.46. The highest BCUT2D eigenvalue weighted by Gasteiger charge is 2.37. The fourth-order valence-electron chi connectivity index (χ4n) is 2.88. The van der Waals surface area contributed by atoms with Gasteiger partial charge in [0.15, 0.2) is 5.54 Å². The van der Waals surface area contributed by atoms with Crippen LogP contribution in [0.15, 0.2) is 40.8 Å². The number of rotatable bonds is 6. The lowest BCUT2D eigenvalue weighted by Crippen LogP contribution is -2.50. The van der Waals surface area contributed by atoms with E-state index in [0.29, 0.717) is 6.07 Å². The summed E-state index contributed by atoms with van der Waals surface area (Å²) < 4.78 is 82.6. The molecule has 1 aliphatic rings. The van der Waals surface area contributed by atoms with Gasteiger partial charge in [-0.15, -0.1) is 0 Å². The Morgan fingerprint density at radius 1 is 1.21 bits per heavy atom. The second kappa shape index (κ2) is 9.79. The summed E-state index contributed by atoms with van der Waals surface area (Å²) in [6, 6.07) is 5.96. The van der Waals surface area contributed by atoms with Crippen LogP contribution in [0.1, 0.15) is 31.4 Å². The van der Waals surface area contributed by atoms with E-state index in [0.717, 1.165) is 12.1 Å². The molecular weight excluding hydrogens is 472 g/mol. The van der Waals surface area contributed by atoms with Gasteiger partial charge in [0.05, 0.1) is 23.3 Å². The highest BCUT2D eigenvalue weighted by atomic mass is 32.2. The average Bonchev–Trinajstić information content (AvgIpc) is 2.71. The van der Waals surface area contributed by atoms with Crippen molar-refractivity contribution in [2.75, 3.05) is 6.61 Å². The Kier molecular flexibility index (Phi) is 7.75. The third kappa shape index (κ3) is 7.19. The van der Waals surface area contributed by atoms with E-state index in [1.54, 1.807) is 12.1 Å². The molecule has 0 spiro atoms. The van der Waals surface area contributed by atoms with Gasteiger partial charge in [-0.1, -0.05) is 19.1 Å². The van der Waals surface area contributed by atoms with Crippen LogP contribution >= 0.6 is 11.8 Å². The van der Waals surface area contributed by atoms with E-state index in [2.05, 4.69) is 5.32 Å². The third-order valence-electron chi connectivity index (χ3n) is 4.55. The predicted molar refractivity (Wildman–Crippen MR) is 107 cm³/mol. The highest BCUT2D eigenvalue weighted by molar-refractivity contribution is 8.03. The zero-order valence-electron chi connectivity index (χ0n) is 17.3. The number of thioether (sulfide) groups is 1. The molecule has 0 bridgehead atoms. The zero-order valence-corrected chi connectivity index (χ0v) is 18.1. The van der Waals surface area contributed by atoms with E-state index in [1.807, 2.05) is 0 Å². The number of nitrogens with one attached hydrogen (secondary N) is 1. The molecule has 12 heteroatoms. The molecule has 1 aromatic rings. The molecule has 1 amide bonds. The maximum absolute atomic E-state index is 13.2. The van der Waals surface area contributed by atoms with E-state index in [1.165, 1.54) is 26.0 Å². The first-order valence-electron chi connectivity index (χ1n) is 9.32. The number of halogens is 6. The van der Waals surface area contributed by atoms with E-state index < -0.39 is 47.0 Å². The molecule has 0 radical (unpaired) electrons. The minimum Gasteiger partial charge on any atom is -0.489 e. The Bertz CT molecular complexity index is 1070. The third-order valence-corrected chi connectivity index (χ3v) is 5.56. The van der Waals surface area contributed by atoms with E-state index in [9.17, 15) is 36.4 Å². The second-order valence-corrected chi connectivity index (χ2v) is 8.56. The van der Waals surface area contributed by atoms with Crippen molar-refractivity contribution in [1.29, 1.82) is 10.5 Å². The average molecular weight is 489 g/mol. The van der Waals surface area contributed by atoms with Crippen LogP contribution in [0.5, 0.6) is 5.75 Å². The van der Waals surface area contributed by atoms with Crippen LogP contribution in [-0.4, -0.2) is 23.6 Å². The lowest BCUT2D eigenvalue weighted by molar-refractivity contribution is -0.139. The molecule has 1 aliphatic carbocycles. The number of amides is 1. The quantitative estimate of drug-likeness (QED) is 0.537. The summed E-state index contributed by atoms with van der Waals surface area (Å²) in [6.45, 7) is 2.05. The van der Waals surface area contributed by atoms with Gasteiger partial charge in [0, 0.05) is 5.57 Å². The Balaban J connectivity index is 2.17. The second-order valence-electron chi connectivity index (χ2n) is 7.42. The van der Waals surface area contributed by atoms with Crippen LogP contribution in [0, 0.1) is 28.6 Å². The van der Waals surface area contributed by atoms with Crippen LogP contribution < -0.4 is 10.1 Å². The molecule has 0 saturated carbocycles. The van der Waals surface area contributed by atoms with Crippen LogP contribution in [-0.2, 0) is 11.0 Å². The Morgan fingerprint density at radius 3 is 2.39 bits per heavy atom. The molecule has 0 aromatic heterocycles. The Labute approximate surface area is 189 Å². The van der Waals surface area contributed by atoms with Crippen LogP contribution in [0.25, 0.3) is 0 Å². The normalized spacial score (nSPS) is 18.2. The molecular formula is C21H17F6N3O2S. The molecule has 0 saturated heterocycles. The first-order valence-corrected chi connectivity index (χ1v) is 10.1. The molecule has 0 fully saturated rings. The minimum absolute atomic E-state index is 0.0223. The van der Waals surface area contributed by atoms with Gasteiger partial charge in [0.2, 0.25) is 5.91 Å². The van der Waals surface area contributed by atoms with Crippen LogP contribution in [0.4, 0.5) is 26.3 Å². The monoisotopic (exact) mass is 489 g/mol. The number of hydrogen-bond donors (Lipinski definition) is 1. The molecule has 33 heavy (non-hydrogen) atoms. The topological polar surface area (TPSA) is 85.9 Å². The number of benzene rings is 1. The molecule has 5 nitrogen and oxygen atoms in total. The number of alkyl halides is 6. The summed E-state index contributed by atoms with van der Waals surface area (Å²) in [5, 5.41) is 20.8. The van der Waals surface area contributed by atoms with Crippen LogP contribution in [0.2, 0.25) is 0 Å². The summed E-state index contributed by atoms with van der Waals surface area (Å²) in [7, 11) is 0. The van der Waals surface area contributed by atoms with Crippen molar-refractivity contribution in [2.24, 2.45) is 5.92 Å². The van der Waals surface area contributed by atoms with E-state index >= 15 is 0 Å². The smallest absolute Gasteiger partial charge is 0.446 e. The largest absolute Gasteiger partial charge is 0.489 e. The van der Waals surface area contributed by atoms with Gasteiger partial charge in [-0.3, -0.25) is 4.79 Å². The summed E-state index contributed by atoms with van der Waals surface area (Å²) in [4.78, 5) is 12.6. The summed E-state index contributed by atoms with van der Waals surface area (Å²) in [5.74, 6) is -2.04. The summed E-state index contributed by atoms with van der Waals surface area (Å²) in [6.07, 6.45) is -2.42. The number of allylic oxidation sites excluding steroid dienone is 3. The van der Waals surface area contributed by atoms with Crippen molar-refractivity contribution in [2.45, 2.75) is 37.5 Å². The van der Waals surface area contributed by atoms with Crippen LogP contribution in [0.3, 0.4) is 0 Å². The van der Waals surface area contributed by atoms with Crippen molar-refractivity contribution in [3.05, 3.63) is 52.0 Å². The molecule has 1 unspecified atom stereocenters. The molecule has 2 atom stereocenters. The van der Waals surface area contributed by atoms with Crippen molar-refractivity contribution in [1.82, 2.24) is 5.32 Å². The maximum atomic E-state index is 13.2. The van der Waals surface area contributed by atoms with Crippen molar-refractivity contribution >= 4 is 17.7 Å². The van der Waals surface area contributed by atoms with Crippen molar-refractivity contribution < 1.29 is 35.9 Å². The fourth-order valence-corrected chi connectivity index (χ4v) is 3.56. The Morgan fingerprint density at radius 2 is 1.88 bits per heavy atom. The number of ether oxygens (including phenoxy) is 1.